The van der Waals surface area contributed by atoms with Gasteiger partial charge in [-0.15, -0.1) is 0 Å². The number of nitrogens with zero attached hydrogens (tertiary/aromatic N) is 3. The average molecular weight is 347 g/mol. The lowest BCUT2D eigenvalue weighted by Gasteiger charge is -2.45. The topological polar surface area (TPSA) is 106 Å². The number of guanidine groups is 2. The van der Waals surface area contributed by atoms with Crippen molar-refractivity contribution in [1.29, 1.82) is 0 Å². The molecule has 1 heterocycles. The number of nitrogens with two attached hydrogens (primary N) is 2. The van der Waals surface area contributed by atoms with E-state index < -0.39 is 17.4 Å². The number of carbonyl (C=O) groups excluding carboxylic acids is 1. The van der Waals surface area contributed by atoms with Gasteiger partial charge in [-0.3, -0.25) is 4.90 Å². The smallest absolute Gasteiger partial charge is 0.338 e. The molecule has 0 unspecified atom stereocenters. The van der Waals surface area contributed by atoms with E-state index in [1.165, 1.54) is 6.07 Å². The van der Waals surface area contributed by atoms with E-state index in [1.54, 1.807) is 17.9 Å². The highest BCUT2D eigenvalue weighted by molar-refractivity contribution is 6.06. The molecular formula is C17H22FN5O2. The highest BCUT2D eigenvalue weighted by atomic mass is 19.1. The highest BCUT2D eigenvalue weighted by Crippen LogP contribution is 2.39. The molecule has 134 valence electrons. The Balaban J connectivity index is 2.06. The Hall–Kier alpha value is -2.64. The fourth-order valence-corrected chi connectivity index (χ4v) is 3.53. The molecule has 7 nitrogen and oxygen atoms in total. The van der Waals surface area contributed by atoms with Crippen molar-refractivity contribution in [2.45, 2.75) is 44.7 Å². The Kier molecular flexibility index (Phi) is 4.61. The third-order valence-corrected chi connectivity index (χ3v) is 4.50. The van der Waals surface area contributed by atoms with Gasteiger partial charge in [-0.25, -0.2) is 14.2 Å². The summed E-state index contributed by atoms with van der Waals surface area (Å²) >= 11 is 0. The van der Waals surface area contributed by atoms with Gasteiger partial charge >= 0.3 is 5.97 Å². The van der Waals surface area contributed by atoms with Crippen molar-refractivity contribution in [2.75, 3.05) is 11.5 Å². The van der Waals surface area contributed by atoms with Crippen LogP contribution in [0.25, 0.3) is 0 Å². The van der Waals surface area contributed by atoms with Gasteiger partial charge in [0.2, 0.25) is 11.9 Å². The summed E-state index contributed by atoms with van der Waals surface area (Å²) in [7, 11) is 0. The zero-order valence-electron chi connectivity index (χ0n) is 14.2. The maximum Gasteiger partial charge on any atom is 0.338 e. The fraction of sp³-hybridized carbons (Fsp3) is 0.471. The first-order valence-corrected chi connectivity index (χ1v) is 8.42. The van der Waals surface area contributed by atoms with Crippen molar-refractivity contribution < 1.29 is 13.9 Å². The summed E-state index contributed by atoms with van der Waals surface area (Å²) in [6.07, 6.45) is 4.48. The number of hydrogen-bond acceptors (Lipinski definition) is 7. The lowest BCUT2D eigenvalue weighted by molar-refractivity contribution is 0.0525. The summed E-state index contributed by atoms with van der Waals surface area (Å²) in [5.74, 6) is -0.870. The first kappa shape index (κ1) is 17.2. The second-order valence-electron chi connectivity index (χ2n) is 6.24. The second kappa shape index (κ2) is 6.70. The van der Waals surface area contributed by atoms with Gasteiger partial charge in [-0.1, -0.05) is 6.42 Å². The number of hydrogen-bond donors (Lipinski definition) is 2. The SMILES string of the molecule is CCOC(=O)c1cc(F)cc(N2C(N)=NC(N)=NC23CCCCC3)c1. The Morgan fingerprint density at radius 2 is 2.00 bits per heavy atom. The zero-order chi connectivity index (χ0) is 18.0. The number of halogens is 1. The van der Waals surface area contributed by atoms with Crippen LogP contribution in [0.5, 0.6) is 0 Å². The number of rotatable bonds is 3. The minimum Gasteiger partial charge on any atom is -0.462 e. The van der Waals surface area contributed by atoms with Crippen molar-refractivity contribution in [3.05, 3.63) is 29.6 Å². The highest BCUT2D eigenvalue weighted by Gasteiger charge is 2.42. The van der Waals surface area contributed by atoms with E-state index in [0.29, 0.717) is 5.69 Å². The summed E-state index contributed by atoms with van der Waals surface area (Å²) < 4.78 is 19.1. The van der Waals surface area contributed by atoms with Crippen LogP contribution in [0.4, 0.5) is 10.1 Å². The van der Waals surface area contributed by atoms with Crippen molar-refractivity contribution in [3.8, 4) is 0 Å². The van der Waals surface area contributed by atoms with Crippen LogP contribution in [0, 0.1) is 5.82 Å². The minimum absolute atomic E-state index is 0.123. The van der Waals surface area contributed by atoms with Crippen molar-refractivity contribution >= 4 is 23.6 Å². The van der Waals surface area contributed by atoms with Crippen LogP contribution < -0.4 is 16.4 Å². The number of anilines is 1. The van der Waals surface area contributed by atoms with Crippen LogP contribution in [-0.4, -0.2) is 30.2 Å². The van der Waals surface area contributed by atoms with Crippen LogP contribution in [-0.2, 0) is 4.74 Å². The number of carbonyl (C=O) groups is 1. The van der Waals surface area contributed by atoms with Gasteiger partial charge in [-0.05, 0) is 50.8 Å². The predicted octanol–water partition coefficient (Wildman–Crippen LogP) is 2.11. The van der Waals surface area contributed by atoms with Crippen LogP contribution >= 0.6 is 0 Å². The zero-order valence-corrected chi connectivity index (χ0v) is 14.2. The summed E-state index contributed by atoms with van der Waals surface area (Å²) in [5.41, 5.74) is 11.8. The number of aliphatic imine (C=N–C) groups is 2. The minimum atomic E-state index is -0.687. The monoisotopic (exact) mass is 347 g/mol. The Labute approximate surface area is 145 Å². The molecule has 0 saturated heterocycles. The molecule has 1 saturated carbocycles. The molecule has 1 aromatic rings. The molecule has 2 aliphatic rings. The Morgan fingerprint density at radius 1 is 1.28 bits per heavy atom. The molecule has 1 fully saturated rings. The summed E-state index contributed by atoms with van der Waals surface area (Å²) in [6, 6.07) is 4.01. The molecule has 25 heavy (non-hydrogen) atoms. The van der Waals surface area contributed by atoms with Gasteiger partial charge < -0.3 is 16.2 Å². The number of esters is 1. The molecular weight excluding hydrogens is 325 g/mol. The van der Waals surface area contributed by atoms with Crippen molar-refractivity contribution in [3.63, 3.8) is 0 Å². The molecule has 8 heteroatoms. The molecule has 0 amide bonds. The van der Waals surface area contributed by atoms with E-state index >= 15 is 0 Å². The third-order valence-electron chi connectivity index (χ3n) is 4.50. The molecule has 1 aliphatic heterocycles. The molecule has 1 aromatic carbocycles. The molecule has 0 bridgehead atoms. The largest absolute Gasteiger partial charge is 0.462 e. The first-order chi connectivity index (χ1) is 11.9. The molecule has 0 atom stereocenters. The van der Waals surface area contributed by atoms with Crippen LogP contribution in [0.2, 0.25) is 0 Å². The Morgan fingerprint density at radius 3 is 2.68 bits per heavy atom. The number of ether oxygens (including phenoxy) is 1. The quantitative estimate of drug-likeness (QED) is 0.815. The Bertz CT molecular complexity index is 741. The first-order valence-electron chi connectivity index (χ1n) is 8.42. The summed E-state index contributed by atoms with van der Waals surface area (Å²) in [6.45, 7) is 1.91. The molecule has 0 radical (unpaired) electrons. The summed E-state index contributed by atoms with van der Waals surface area (Å²) in [5, 5.41) is 0. The standard InChI is InChI=1S/C17H22FN5O2/c1-2-25-14(24)11-8-12(18)10-13(9-11)23-16(20)21-15(19)22-17(23)6-4-3-5-7-17/h8-10H,2-7H2,1H3,(H4,19,20,21,22). The predicted molar refractivity (Wildman–Crippen MR) is 93.9 cm³/mol. The van der Waals surface area contributed by atoms with Gasteiger partial charge in [0.05, 0.1) is 17.9 Å². The lowest BCUT2D eigenvalue weighted by Crippen LogP contribution is -2.58. The molecule has 0 aromatic heterocycles. The van der Waals surface area contributed by atoms with E-state index in [-0.39, 0.29) is 24.1 Å². The van der Waals surface area contributed by atoms with Crippen molar-refractivity contribution in [1.82, 2.24) is 0 Å². The average Bonchev–Trinajstić information content (AvgIpc) is 2.54. The molecule has 1 aliphatic carbocycles. The second-order valence-corrected chi connectivity index (χ2v) is 6.24. The fourth-order valence-electron chi connectivity index (χ4n) is 3.53. The maximum atomic E-state index is 14.2. The van der Waals surface area contributed by atoms with Gasteiger partial charge in [0.1, 0.15) is 11.5 Å². The van der Waals surface area contributed by atoms with Gasteiger partial charge in [0.15, 0.2) is 0 Å². The van der Waals surface area contributed by atoms with E-state index in [1.807, 2.05) is 0 Å². The third kappa shape index (κ3) is 3.29. The number of benzene rings is 1. The van der Waals surface area contributed by atoms with Crippen LogP contribution in [0.1, 0.15) is 49.4 Å². The lowest BCUT2D eigenvalue weighted by atomic mass is 9.87. The van der Waals surface area contributed by atoms with E-state index in [2.05, 4.69) is 9.98 Å². The maximum absolute atomic E-state index is 14.2. The van der Waals surface area contributed by atoms with Gasteiger partial charge in [0.25, 0.3) is 0 Å². The summed E-state index contributed by atoms with van der Waals surface area (Å²) in [4.78, 5) is 22.3. The van der Waals surface area contributed by atoms with E-state index in [4.69, 9.17) is 16.2 Å². The van der Waals surface area contributed by atoms with Gasteiger partial charge in [-0.2, -0.15) is 4.99 Å². The molecule has 4 N–H and O–H groups in total. The van der Waals surface area contributed by atoms with Crippen molar-refractivity contribution in [2.24, 2.45) is 21.5 Å². The normalized spacial score (nSPS) is 19.4. The molecule has 3 rings (SSSR count). The van der Waals surface area contributed by atoms with Gasteiger partial charge in [0, 0.05) is 0 Å². The van der Waals surface area contributed by atoms with Crippen LogP contribution in [0.3, 0.4) is 0 Å². The van der Waals surface area contributed by atoms with Crippen LogP contribution in [0.15, 0.2) is 28.2 Å². The van der Waals surface area contributed by atoms with E-state index in [0.717, 1.165) is 38.2 Å². The molecule has 1 spiro atoms. The van der Waals surface area contributed by atoms with E-state index in [9.17, 15) is 9.18 Å².